The molecule has 2 amide bonds. The van der Waals surface area contributed by atoms with Crippen molar-refractivity contribution < 1.29 is 14.3 Å². The van der Waals surface area contributed by atoms with Crippen LogP contribution in [0.25, 0.3) is 10.8 Å². The zero-order chi connectivity index (χ0) is 19.2. The standard InChI is InChI=1S/C20H16Br2N2O3/c21-15-8-9-18(17(22)11-15)27-12-20(26)24-23-19(25)10-14-6-3-5-13-4-1-2-7-16(13)14/h1-9,11H,10,12H2,(H,23,25)(H,24,26). The third-order valence-electron chi connectivity index (χ3n) is 3.82. The van der Waals surface area contributed by atoms with Crippen LogP contribution in [0, 0.1) is 0 Å². The van der Waals surface area contributed by atoms with Crippen molar-refractivity contribution in [1.82, 2.24) is 10.9 Å². The molecule has 0 spiro atoms. The highest BCUT2D eigenvalue weighted by atomic mass is 79.9. The number of fused-ring (bicyclic) bond motifs is 1. The zero-order valence-electron chi connectivity index (χ0n) is 14.2. The van der Waals surface area contributed by atoms with Crippen LogP contribution in [-0.2, 0) is 16.0 Å². The molecule has 0 aliphatic rings. The molecule has 0 saturated heterocycles. The van der Waals surface area contributed by atoms with Gasteiger partial charge in [-0.1, -0.05) is 58.4 Å². The molecule has 3 aromatic carbocycles. The fraction of sp³-hybridized carbons (Fsp3) is 0.100. The summed E-state index contributed by atoms with van der Waals surface area (Å²) in [5, 5.41) is 2.09. The van der Waals surface area contributed by atoms with Gasteiger partial charge in [-0.25, -0.2) is 0 Å². The molecule has 0 unspecified atom stereocenters. The average Bonchev–Trinajstić information content (AvgIpc) is 2.66. The van der Waals surface area contributed by atoms with Crippen molar-refractivity contribution in [3.05, 3.63) is 75.2 Å². The third-order valence-corrected chi connectivity index (χ3v) is 4.94. The van der Waals surface area contributed by atoms with Crippen LogP contribution in [0.1, 0.15) is 5.56 Å². The van der Waals surface area contributed by atoms with Crippen LogP contribution in [0.2, 0.25) is 0 Å². The van der Waals surface area contributed by atoms with Crippen molar-refractivity contribution in [1.29, 1.82) is 0 Å². The van der Waals surface area contributed by atoms with Gasteiger partial charge in [0.1, 0.15) is 5.75 Å². The van der Waals surface area contributed by atoms with Gasteiger partial charge < -0.3 is 4.74 Å². The highest BCUT2D eigenvalue weighted by molar-refractivity contribution is 9.11. The molecular formula is C20H16Br2N2O3. The van der Waals surface area contributed by atoms with Crippen LogP contribution >= 0.6 is 31.9 Å². The van der Waals surface area contributed by atoms with Gasteiger partial charge in [0.15, 0.2) is 6.61 Å². The van der Waals surface area contributed by atoms with E-state index in [2.05, 4.69) is 42.7 Å². The number of ether oxygens (including phenoxy) is 1. The van der Waals surface area contributed by atoms with E-state index in [9.17, 15) is 9.59 Å². The summed E-state index contributed by atoms with van der Waals surface area (Å²) in [5.41, 5.74) is 5.68. The summed E-state index contributed by atoms with van der Waals surface area (Å²) in [7, 11) is 0. The maximum Gasteiger partial charge on any atom is 0.276 e. The number of hydrogen-bond acceptors (Lipinski definition) is 3. The lowest BCUT2D eigenvalue weighted by Gasteiger charge is -2.11. The van der Waals surface area contributed by atoms with E-state index in [-0.39, 0.29) is 18.9 Å². The lowest BCUT2D eigenvalue weighted by molar-refractivity contribution is -0.129. The molecule has 0 atom stereocenters. The van der Waals surface area contributed by atoms with E-state index in [1.165, 1.54) is 0 Å². The first-order valence-corrected chi connectivity index (χ1v) is 9.74. The molecular weight excluding hydrogens is 476 g/mol. The lowest BCUT2D eigenvalue weighted by atomic mass is 10.0. The normalized spacial score (nSPS) is 10.4. The zero-order valence-corrected chi connectivity index (χ0v) is 17.3. The predicted molar refractivity (Wildman–Crippen MR) is 111 cm³/mol. The van der Waals surface area contributed by atoms with Gasteiger partial charge in [0, 0.05) is 4.47 Å². The Morgan fingerprint density at radius 2 is 1.63 bits per heavy atom. The van der Waals surface area contributed by atoms with Gasteiger partial charge in [0.05, 0.1) is 10.9 Å². The number of carbonyl (C=O) groups excluding carboxylic acids is 2. The number of rotatable bonds is 5. The molecule has 0 radical (unpaired) electrons. The summed E-state index contributed by atoms with van der Waals surface area (Å²) >= 11 is 6.71. The molecule has 3 aromatic rings. The third kappa shape index (κ3) is 5.30. The summed E-state index contributed by atoms with van der Waals surface area (Å²) in [4.78, 5) is 24.0. The Morgan fingerprint density at radius 1 is 0.889 bits per heavy atom. The van der Waals surface area contributed by atoms with E-state index in [1.54, 1.807) is 6.07 Å². The summed E-state index contributed by atoms with van der Waals surface area (Å²) in [6, 6.07) is 19.0. The van der Waals surface area contributed by atoms with Crippen LogP contribution in [0.3, 0.4) is 0 Å². The molecule has 3 rings (SSSR count). The van der Waals surface area contributed by atoms with Gasteiger partial charge in [-0.05, 0) is 50.5 Å². The average molecular weight is 492 g/mol. The fourth-order valence-electron chi connectivity index (χ4n) is 2.57. The molecule has 7 heteroatoms. The highest BCUT2D eigenvalue weighted by Crippen LogP contribution is 2.28. The quantitative estimate of drug-likeness (QED) is 0.527. The maximum atomic E-state index is 12.1. The van der Waals surface area contributed by atoms with Crippen molar-refractivity contribution in [3.8, 4) is 5.75 Å². The van der Waals surface area contributed by atoms with Crippen LogP contribution < -0.4 is 15.6 Å². The largest absolute Gasteiger partial charge is 0.483 e. The van der Waals surface area contributed by atoms with Crippen LogP contribution in [0.4, 0.5) is 0 Å². The Kier molecular flexibility index (Phi) is 6.47. The predicted octanol–water partition coefficient (Wildman–Crippen LogP) is 4.13. The Bertz CT molecular complexity index is 987. The van der Waals surface area contributed by atoms with Gasteiger partial charge in [0.2, 0.25) is 5.91 Å². The molecule has 27 heavy (non-hydrogen) atoms. The molecule has 0 bridgehead atoms. The van der Waals surface area contributed by atoms with E-state index in [0.29, 0.717) is 5.75 Å². The van der Waals surface area contributed by atoms with E-state index in [1.807, 2.05) is 54.6 Å². The van der Waals surface area contributed by atoms with Crippen molar-refractivity contribution in [3.63, 3.8) is 0 Å². The number of benzene rings is 3. The smallest absolute Gasteiger partial charge is 0.276 e. The van der Waals surface area contributed by atoms with Gasteiger partial charge in [-0.3, -0.25) is 20.4 Å². The number of halogens is 2. The summed E-state index contributed by atoms with van der Waals surface area (Å²) in [6.07, 6.45) is 0.167. The van der Waals surface area contributed by atoms with Gasteiger partial charge >= 0.3 is 0 Å². The molecule has 138 valence electrons. The topological polar surface area (TPSA) is 67.4 Å². The van der Waals surface area contributed by atoms with Crippen LogP contribution in [-0.4, -0.2) is 18.4 Å². The van der Waals surface area contributed by atoms with Crippen molar-refractivity contribution >= 4 is 54.4 Å². The van der Waals surface area contributed by atoms with Crippen molar-refractivity contribution in [2.24, 2.45) is 0 Å². The molecule has 5 nitrogen and oxygen atoms in total. The maximum absolute atomic E-state index is 12.1. The van der Waals surface area contributed by atoms with Gasteiger partial charge in [-0.15, -0.1) is 0 Å². The van der Waals surface area contributed by atoms with Gasteiger partial charge in [0.25, 0.3) is 5.91 Å². The van der Waals surface area contributed by atoms with Crippen molar-refractivity contribution in [2.75, 3.05) is 6.61 Å². The Morgan fingerprint density at radius 3 is 2.44 bits per heavy atom. The second-order valence-corrected chi connectivity index (χ2v) is 7.54. The highest BCUT2D eigenvalue weighted by Gasteiger charge is 2.10. The minimum Gasteiger partial charge on any atom is -0.483 e. The molecule has 0 aromatic heterocycles. The van der Waals surface area contributed by atoms with E-state index in [4.69, 9.17) is 4.74 Å². The van der Waals surface area contributed by atoms with E-state index in [0.717, 1.165) is 25.3 Å². The molecule has 0 heterocycles. The van der Waals surface area contributed by atoms with Crippen LogP contribution in [0.5, 0.6) is 5.75 Å². The molecule has 2 N–H and O–H groups in total. The summed E-state index contributed by atoms with van der Waals surface area (Å²) in [6.45, 7) is -0.214. The summed E-state index contributed by atoms with van der Waals surface area (Å²) in [5.74, 6) is -0.212. The van der Waals surface area contributed by atoms with Crippen molar-refractivity contribution in [2.45, 2.75) is 6.42 Å². The first-order valence-electron chi connectivity index (χ1n) is 8.15. The minimum atomic E-state index is -0.448. The Balaban J connectivity index is 1.50. The Labute approximate surface area is 173 Å². The number of hydrazine groups is 1. The number of hydrogen-bond donors (Lipinski definition) is 2. The SMILES string of the molecule is O=C(COc1ccc(Br)cc1Br)NNC(=O)Cc1cccc2ccccc12. The second kappa shape index (κ2) is 9.01. The molecule has 0 aliphatic heterocycles. The summed E-state index contributed by atoms with van der Waals surface area (Å²) < 4.78 is 7.05. The van der Waals surface area contributed by atoms with E-state index >= 15 is 0 Å². The van der Waals surface area contributed by atoms with E-state index < -0.39 is 5.91 Å². The van der Waals surface area contributed by atoms with Crippen LogP contribution in [0.15, 0.2) is 69.6 Å². The molecule has 0 saturated carbocycles. The molecule has 0 aliphatic carbocycles. The monoisotopic (exact) mass is 490 g/mol. The minimum absolute atomic E-state index is 0.167. The second-order valence-electron chi connectivity index (χ2n) is 5.77. The number of nitrogens with one attached hydrogen (secondary N) is 2. The first-order chi connectivity index (χ1) is 13.0. The number of amides is 2. The Hall–Kier alpha value is -2.38. The fourth-order valence-corrected chi connectivity index (χ4v) is 3.74. The first kappa shape index (κ1) is 19.4. The lowest BCUT2D eigenvalue weighted by Crippen LogP contribution is -2.44. The molecule has 0 fully saturated rings. The number of carbonyl (C=O) groups is 2. The van der Waals surface area contributed by atoms with Gasteiger partial charge in [-0.2, -0.15) is 0 Å².